The molecule has 0 aliphatic rings. The van der Waals surface area contributed by atoms with E-state index in [9.17, 15) is 13.2 Å². The Hall–Kier alpha value is -1.40. The molecule has 0 aromatic heterocycles. The summed E-state index contributed by atoms with van der Waals surface area (Å²) in [6, 6.07) is 7.76. The van der Waals surface area contributed by atoms with Crippen molar-refractivity contribution in [1.29, 1.82) is 0 Å². The van der Waals surface area contributed by atoms with Crippen LogP contribution >= 0.6 is 0 Å². The van der Waals surface area contributed by atoms with Crippen LogP contribution in [-0.2, 0) is 21.4 Å². The zero-order chi connectivity index (χ0) is 16.0. The number of sulfonamides is 1. The second-order valence-corrected chi connectivity index (χ2v) is 7.54. The Morgan fingerprint density at radius 1 is 1.33 bits per heavy atom. The predicted molar refractivity (Wildman–Crippen MR) is 84.3 cm³/mol. The molecule has 0 bridgehead atoms. The highest BCUT2D eigenvalue weighted by atomic mass is 32.2. The van der Waals surface area contributed by atoms with Crippen LogP contribution in [0, 0.1) is 6.92 Å². The molecule has 0 spiro atoms. The van der Waals surface area contributed by atoms with Crippen molar-refractivity contribution in [1.82, 2.24) is 9.62 Å². The largest absolute Gasteiger partial charge is 0.354 e. The van der Waals surface area contributed by atoms with Crippen molar-refractivity contribution in [3.05, 3.63) is 35.4 Å². The van der Waals surface area contributed by atoms with Crippen molar-refractivity contribution >= 4 is 15.9 Å². The van der Waals surface area contributed by atoms with E-state index >= 15 is 0 Å². The van der Waals surface area contributed by atoms with Gasteiger partial charge in [0.15, 0.2) is 0 Å². The standard InChI is InChI=1S/C15H24N2O3S/c1-12(2)16-15(18)8-9-17(21(4,19)20)11-14-7-5-6-13(3)10-14/h5-7,10,12H,8-9,11H2,1-4H3,(H,16,18). The lowest BCUT2D eigenvalue weighted by atomic mass is 10.1. The van der Waals surface area contributed by atoms with Crippen LogP contribution < -0.4 is 5.32 Å². The summed E-state index contributed by atoms with van der Waals surface area (Å²) in [6.07, 6.45) is 1.33. The number of aryl methyl sites for hydroxylation is 1. The Labute approximate surface area is 127 Å². The molecule has 0 aliphatic heterocycles. The highest BCUT2D eigenvalue weighted by molar-refractivity contribution is 7.88. The molecular weight excluding hydrogens is 288 g/mol. The topological polar surface area (TPSA) is 66.5 Å². The first-order chi connectivity index (χ1) is 9.68. The molecule has 0 radical (unpaired) electrons. The molecule has 21 heavy (non-hydrogen) atoms. The summed E-state index contributed by atoms with van der Waals surface area (Å²) < 4.78 is 25.0. The second-order valence-electron chi connectivity index (χ2n) is 5.56. The number of rotatable bonds is 7. The average Bonchev–Trinajstić information content (AvgIpc) is 2.32. The number of hydrogen-bond donors (Lipinski definition) is 1. The maximum absolute atomic E-state index is 11.8. The Balaban J connectivity index is 2.72. The zero-order valence-corrected chi connectivity index (χ0v) is 13.9. The third kappa shape index (κ3) is 6.73. The van der Waals surface area contributed by atoms with Crippen molar-refractivity contribution in [3.8, 4) is 0 Å². The number of hydrogen-bond acceptors (Lipinski definition) is 3. The molecule has 0 saturated carbocycles. The molecule has 0 aliphatic carbocycles. The van der Waals surface area contributed by atoms with Gasteiger partial charge in [0.2, 0.25) is 15.9 Å². The van der Waals surface area contributed by atoms with Gasteiger partial charge in [-0.3, -0.25) is 4.79 Å². The van der Waals surface area contributed by atoms with E-state index < -0.39 is 10.0 Å². The monoisotopic (exact) mass is 312 g/mol. The molecule has 0 unspecified atom stereocenters. The fourth-order valence-corrected chi connectivity index (χ4v) is 2.80. The summed E-state index contributed by atoms with van der Waals surface area (Å²) in [5, 5.41) is 2.76. The smallest absolute Gasteiger partial charge is 0.221 e. The van der Waals surface area contributed by atoms with E-state index in [1.807, 2.05) is 45.0 Å². The summed E-state index contributed by atoms with van der Waals surface area (Å²) in [5.74, 6) is -0.136. The number of amides is 1. The summed E-state index contributed by atoms with van der Waals surface area (Å²) in [6.45, 7) is 6.18. The van der Waals surface area contributed by atoms with E-state index in [-0.39, 0.29) is 31.5 Å². The van der Waals surface area contributed by atoms with Crippen molar-refractivity contribution < 1.29 is 13.2 Å². The van der Waals surface area contributed by atoms with Gasteiger partial charge < -0.3 is 5.32 Å². The second kappa shape index (κ2) is 7.56. The predicted octanol–water partition coefficient (Wildman–Crippen LogP) is 1.67. The van der Waals surface area contributed by atoms with Crippen molar-refractivity contribution in [2.24, 2.45) is 0 Å². The van der Waals surface area contributed by atoms with Crippen LogP contribution in [0.25, 0.3) is 0 Å². The fourth-order valence-electron chi connectivity index (χ4n) is 2.00. The fraction of sp³-hybridized carbons (Fsp3) is 0.533. The van der Waals surface area contributed by atoms with E-state index in [2.05, 4.69) is 5.32 Å². The SMILES string of the molecule is Cc1cccc(CN(CCC(=O)NC(C)C)S(C)(=O)=O)c1. The normalized spacial score (nSPS) is 11.9. The maximum atomic E-state index is 11.8. The van der Waals surface area contributed by atoms with Gasteiger partial charge >= 0.3 is 0 Å². The lowest BCUT2D eigenvalue weighted by Gasteiger charge is -2.20. The molecule has 1 N–H and O–H groups in total. The van der Waals surface area contributed by atoms with Gasteiger partial charge in [0.25, 0.3) is 0 Å². The number of carbonyl (C=O) groups is 1. The van der Waals surface area contributed by atoms with Crippen LogP contribution in [0.1, 0.15) is 31.4 Å². The van der Waals surface area contributed by atoms with E-state index in [4.69, 9.17) is 0 Å². The highest BCUT2D eigenvalue weighted by Gasteiger charge is 2.18. The van der Waals surface area contributed by atoms with Gasteiger partial charge in [-0.2, -0.15) is 4.31 Å². The van der Waals surface area contributed by atoms with Crippen molar-refractivity contribution in [2.75, 3.05) is 12.8 Å². The van der Waals surface area contributed by atoms with Crippen LogP contribution in [-0.4, -0.2) is 37.5 Å². The number of carbonyl (C=O) groups excluding carboxylic acids is 1. The van der Waals surface area contributed by atoms with Crippen LogP contribution in [0.15, 0.2) is 24.3 Å². The van der Waals surface area contributed by atoms with Crippen LogP contribution in [0.3, 0.4) is 0 Å². The number of nitrogens with one attached hydrogen (secondary N) is 1. The minimum absolute atomic E-state index is 0.0564. The van der Waals surface area contributed by atoms with Crippen molar-refractivity contribution in [3.63, 3.8) is 0 Å². The molecule has 0 saturated heterocycles. The third-order valence-corrected chi connectivity index (χ3v) is 4.20. The van der Waals surface area contributed by atoms with Crippen LogP contribution in [0.4, 0.5) is 0 Å². The van der Waals surface area contributed by atoms with Crippen LogP contribution in [0.5, 0.6) is 0 Å². The van der Waals surface area contributed by atoms with E-state index in [1.165, 1.54) is 10.6 Å². The Morgan fingerprint density at radius 3 is 2.52 bits per heavy atom. The third-order valence-electron chi connectivity index (χ3n) is 2.95. The first kappa shape index (κ1) is 17.7. The first-order valence-corrected chi connectivity index (χ1v) is 8.83. The lowest BCUT2D eigenvalue weighted by Crippen LogP contribution is -2.36. The van der Waals surface area contributed by atoms with Crippen molar-refractivity contribution in [2.45, 2.75) is 39.8 Å². The molecular formula is C15H24N2O3S. The first-order valence-electron chi connectivity index (χ1n) is 6.98. The van der Waals surface area contributed by atoms with Crippen LogP contribution in [0.2, 0.25) is 0 Å². The number of nitrogens with zero attached hydrogens (tertiary/aromatic N) is 1. The van der Waals surface area contributed by atoms with Gasteiger partial charge in [-0.1, -0.05) is 29.8 Å². The molecule has 1 amide bonds. The summed E-state index contributed by atoms with van der Waals surface area (Å²) in [7, 11) is -3.35. The van der Waals surface area contributed by atoms with E-state index in [0.29, 0.717) is 0 Å². The molecule has 0 atom stereocenters. The molecule has 0 heterocycles. The van der Waals surface area contributed by atoms with Gasteiger partial charge in [0.05, 0.1) is 6.26 Å². The molecule has 5 nitrogen and oxygen atoms in total. The van der Waals surface area contributed by atoms with Gasteiger partial charge in [-0.05, 0) is 26.3 Å². The Bertz CT molecular complexity index is 582. The van der Waals surface area contributed by atoms with Gasteiger partial charge in [0, 0.05) is 25.6 Å². The minimum Gasteiger partial charge on any atom is -0.354 e. The molecule has 1 rings (SSSR count). The van der Waals surface area contributed by atoms with Gasteiger partial charge in [-0.15, -0.1) is 0 Å². The number of benzene rings is 1. The molecule has 6 heteroatoms. The average molecular weight is 312 g/mol. The lowest BCUT2D eigenvalue weighted by molar-refractivity contribution is -0.121. The maximum Gasteiger partial charge on any atom is 0.221 e. The van der Waals surface area contributed by atoms with Gasteiger partial charge in [-0.25, -0.2) is 8.42 Å². The Morgan fingerprint density at radius 2 is 2.00 bits per heavy atom. The molecule has 1 aromatic carbocycles. The molecule has 1 aromatic rings. The highest BCUT2D eigenvalue weighted by Crippen LogP contribution is 2.11. The summed E-state index contributed by atoms with van der Waals surface area (Å²) in [4.78, 5) is 11.7. The zero-order valence-electron chi connectivity index (χ0n) is 13.1. The Kier molecular flexibility index (Phi) is 6.36. The van der Waals surface area contributed by atoms with Gasteiger partial charge in [0.1, 0.15) is 0 Å². The molecule has 0 fully saturated rings. The summed E-state index contributed by atoms with van der Waals surface area (Å²) in [5.41, 5.74) is 2.00. The van der Waals surface area contributed by atoms with E-state index in [0.717, 1.165) is 11.1 Å². The van der Waals surface area contributed by atoms with E-state index in [1.54, 1.807) is 0 Å². The quantitative estimate of drug-likeness (QED) is 0.833. The molecule has 118 valence electrons. The summed E-state index contributed by atoms with van der Waals surface area (Å²) >= 11 is 0. The minimum atomic E-state index is -3.35.